The number of hydrogen-bond donors (Lipinski definition) is 0. The van der Waals surface area contributed by atoms with Gasteiger partial charge in [0.25, 0.3) is 0 Å². The number of sulfone groups is 1. The van der Waals surface area contributed by atoms with Gasteiger partial charge in [-0.15, -0.1) is 6.58 Å². The fourth-order valence-electron chi connectivity index (χ4n) is 2.98. The van der Waals surface area contributed by atoms with E-state index in [-0.39, 0.29) is 22.2 Å². The molecule has 2 saturated heterocycles. The van der Waals surface area contributed by atoms with Crippen molar-refractivity contribution in [2.75, 3.05) is 0 Å². The summed E-state index contributed by atoms with van der Waals surface area (Å²) in [6.45, 7) is 3.56. The van der Waals surface area contributed by atoms with Gasteiger partial charge < -0.3 is 0 Å². The minimum Gasteiger partial charge on any atom is -0.299 e. The molecule has 2 bridgehead atoms. The highest BCUT2D eigenvalue weighted by molar-refractivity contribution is 7.92. The highest BCUT2D eigenvalue weighted by Crippen LogP contribution is 2.39. The van der Waals surface area contributed by atoms with Gasteiger partial charge in [0.1, 0.15) is 5.78 Å². The van der Waals surface area contributed by atoms with E-state index in [4.69, 9.17) is 0 Å². The van der Waals surface area contributed by atoms with E-state index >= 15 is 0 Å². The van der Waals surface area contributed by atoms with Crippen LogP contribution in [0.3, 0.4) is 0 Å². The zero-order valence-corrected chi connectivity index (χ0v) is 10.2. The van der Waals surface area contributed by atoms with Crippen molar-refractivity contribution in [3.8, 4) is 0 Å². The van der Waals surface area contributed by atoms with Crippen molar-refractivity contribution in [2.24, 2.45) is 5.92 Å². The summed E-state index contributed by atoms with van der Waals surface area (Å²) in [5, 5.41) is -0.502. The summed E-state index contributed by atoms with van der Waals surface area (Å²) in [5.41, 5.74) is 0. The second-order valence-corrected chi connectivity index (χ2v) is 7.40. The van der Waals surface area contributed by atoms with E-state index in [1.807, 2.05) is 0 Å². The summed E-state index contributed by atoms with van der Waals surface area (Å²) < 4.78 is 24.0. The molecular weight excluding hydrogens is 224 g/mol. The summed E-state index contributed by atoms with van der Waals surface area (Å²) in [7, 11) is -2.92. The molecule has 2 aliphatic rings. The van der Waals surface area contributed by atoms with E-state index in [1.54, 1.807) is 6.08 Å². The Hall–Kier alpha value is -0.640. The first-order valence-corrected chi connectivity index (χ1v) is 7.53. The third-order valence-electron chi connectivity index (χ3n) is 3.88. The van der Waals surface area contributed by atoms with Crippen LogP contribution < -0.4 is 0 Å². The molecule has 3 nitrogen and oxygen atoms in total. The third kappa shape index (κ3) is 1.95. The monoisotopic (exact) mass is 242 g/mol. The Morgan fingerprint density at radius 3 is 2.31 bits per heavy atom. The molecule has 2 fully saturated rings. The number of carbonyl (C=O) groups excluding carboxylic acids is 1. The van der Waals surface area contributed by atoms with Crippen LogP contribution >= 0.6 is 0 Å². The Kier molecular flexibility index (Phi) is 3.19. The number of fused-ring (bicyclic) bond motifs is 2. The van der Waals surface area contributed by atoms with Crippen molar-refractivity contribution < 1.29 is 13.2 Å². The molecule has 0 spiro atoms. The lowest BCUT2D eigenvalue weighted by molar-refractivity contribution is -0.122. The number of Topliss-reactive ketones (excluding diaryl/α,β-unsaturated/α-hetero) is 1. The number of allylic oxidation sites excluding steroid dienone is 1. The summed E-state index contributed by atoms with van der Waals surface area (Å²) in [5.74, 6) is 0.124. The molecule has 0 aromatic carbocycles. The van der Waals surface area contributed by atoms with E-state index < -0.39 is 9.84 Å². The number of carbonyl (C=O) groups is 1. The fourth-order valence-corrected chi connectivity index (χ4v) is 5.52. The van der Waals surface area contributed by atoms with Gasteiger partial charge >= 0.3 is 0 Å². The Morgan fingerprint density at radius 2 is 1.81 bits per heavy atom. The Labute approximate surface area is 96.8 Å². The van der Waals surface area contributed by atoms with Gasteiger partial charge in [-0.3, -0.25) is 4.79 Å². The molecule has 4 heteroatoms. The summed E-state index contributed by atoms with van der Waals surface area (Å²) >= 11 is 0. The second-order valence-electron chi connectivity index (χ2n) is 4.89. The largest absolute Gasteiger partial charge is 0.299 e. The van der Waals surface area contributed by atoms with Crippen LogP contribution in [0.1, 0.15) is 38.5 Å². The zero-order chi connectivity index (χ0) is 11.8. The molecule has 2 unspecified atom stereocenters. The molecule has 0 aromatic rings. The van der Waals surface area contributed by atoms with Crippen molar-refractivity contribution in [2.45, 2.75) is 49.0 Å². The molecule has 2 atom stereocenters. The van der Waals surface area contributed by atoms with E-state index in [0.717, 1.165) is 19.3 Å². The van der Waals surface area contributed by atoms with E-state index in [9.17, 15) is 13.2 Å². The summed E-state index contributed by atoms with van der Waals surface area (Å²) in [6.07, 6.45) is 5.58. The van der Waals surface area contributed by atoms with Crippen LogP contribution in [0.25, 0.3) is 0 Å². The van der Waals surface area contributed by atoms with Crippen molar-refractivity contribution in [1.82, 2.24) is 0 Å². The number of rotatable bonds is 3. The lowest BCUT2D eigenvalue weighted by atomic mass is 9.86. The topological polar surface area (TPSA) is 51.2 Å². The van der Waals surface area contributed by atoms with Gasteiger partial charge in [-0.2, -0.15) is 0 Å². The maximum atomic E-state index is 12.0. The smallest absolute Gasteiger partial charge is 0.156 e. The van der Waals surface area contributed by atoms with Crippen LogP contribution in [0, 0.1) is 5.92 Å². The predicted molar refractivity (Wildman–Crippen MR) is 62.9 cm³/mol. The molecule has 2 aliphatic heterocycles. The molecule has 0 saturated carbocycles. The van der Waals surface area contributed by atoms with Gasteiger partial charge in [0, 0.05) is 12.3 Å². The zero-order valence-electron chi connectivity index (χ0n) is 9.39. The van der Waals surface area contributed by atoms with Crippen molar-refractivity contribution >= 4 is 15.6 Å². The van der Waals surface area contributed by atoms with Crippen LogP contribution in [0.4, 0.5) is 0 Å². The molecule has 0 aliphatic carbocycles. The Bertz CT molecular complexity index is 376. The first-order valence-electron chi connectivity index (χ1n) is 5.92. The molecule has 0 aromatic heterocycles. The minimum absolute atomic E-state index is 0.0446. The lowest BCUT2D eigenvalue weighted by Crippen LogP contribution is -2.45. The Morgan fingerprint density at radius 1 is 1.25 bits per heavy atom. The molecule has 16 heavy (non-hydrogen) atoms. The van der Waals surface area contributed by atoms with Crippen molar-refractivity contribution in [3.05, 3.63) is 12.7 Å². The predicted octanol–water partition coefficient (Wildman–Crippen LogP) is 1.88. The highest BCUT2D eigenvalue weighted by atomic mass is 32.2. The van der Waals surface area contributed by atoms with Gasteiger partial charge in [-0.1, -0.05) is 12.5 Å². The molecular formula is C12H18O3S. The SMILES string of the molecule is C=CCC(=O)C1CC2CCCC(C1)S2(=O)=O. The number of ketones is 1. The van der Waals surface area contributed by atoms with Gasteiger partial charge in [0.2, 0.25) is 0 Å². The van der Waals surface area contributed by atoms with E-state index in [1.165, 1.54) is 0 Å². The maximum Gasteiger partial charge on any atom is 0.156 e. The number of hydrogen-bond acceptors (Lipinski definition) is 3. The van der Waals surface area contributed by atoms with Crippen molar-refractivity contribution in [1.29, 1.82) is 0 Å². The molecule has 0 radical (unpaired) electrons. The van der Waals surface area contributed by atoms with Crippen LogP contribution in [0.5, 0.6) is 0 Å². The van der Waals surface area contributed by atoms with Crippen LogP contribution in [-0.2, 0) is 14.6 Å². The third-order valence-corrected chi connectivity index (χ3v) is 6.59. The van der Waals surface area contributed by atoms with E-state index in [0.29, 0.717) is 19.3 Å². The minimum atomic E-state index is -2.92. The van der Waals surface area contributed by atoms with Gasteiger partial charge in [-0.25, -0.2) is 8.42 Å². The summed E-state index contributed by atoms with van der Waals surface area (Å²) in [4.78, 5) is 11.8. The molecule has 2 heterocycles. The van der Waals surface area contributed by atoms with Gasteiger partial charge in [0.05, 0.1) is 10.5 Å². The first-order chi connectivity index (χ1) is 7.55. The average molecular weight is 242 g/mol. The second kappa shape index (κ2) is 4.32. The van der Waals surface area contributed by atoms with Crippen LogP contribution in [0.2, 0.25) is 0 Å². The average Bonchev–Trinajstić information content (AvgIpc) is 2.15. The maximum absolute atomic E-state index is 12.0. The Balaban J connectivity index is 2.15. The first kappa shape index (κ1) is 11.8. The molecule has 0 amide bonds. The van der Waals surface area contributed by atoms with Crippen LogP contribution in [-0.4, -0.2) is 24.7 Å². The molecule has 2 rings (SSSR count). The summed E-state index contributed by atoms with van der Waals surface area (Å²) in [6, 6.07) is 0. The standard InChI is InChI=1S/C12H18O3S/c1-2-4-12(13)9-7-10-5-3-6-11(8-9)16(10,14)15/h2,9-11H,1,3-8H2. The molecule has 0 N–H and O–H groups in total. The fraction of sp³-hybridized carbons (Fsp3) is 0.750. The van der Waals surface area contributed by atoms with Gasteiger partial charge in [-0.05, 0) is 25.7 Å². The van der Waals surface area contributed by atoms with Crippen LogP contribution in [0.15, 0.2) is 12.7 Å². The highest BCUT2D eigenvalue weighted by Gasteiger charge is 2.45. The normalized spacial score (nSPS) is 36.6. The van der Waals surface area contributed by atoms with E-state index in [2.05, 4.69) is 6.58 Å². The quantitative estimate of drug-likeness (QED) is 0.710. The lowest BCUT2D eigenvalue weighted by Gasteiger charge is -2.38. The van der Waals surface area contributed by atoms with Crippen molar-refractivity contribution in [3.63, 3.8) is 0 Å². The molecule has 90 valence electrons. The van der Waals surface area contributed by atoms with Gasteiger partial charge in [0.15, 0.2) is 9.84 Å².